The lowest BCUT2D eigenvalue weighted by Gasteiger charge is -2.25. The highest BCUT2D eigenvalue weighted by Gasteiger charge is 2.28. The quantitative estimate of drug-likeness (QED) is 0.776. The van der Waals surface area contributed by atoms with E-state index >= 15 is 0 Å². The Labute approximate surface area is 149 Å². The molecule has 0 bridgehead atoms. The molecule has 134 valence electrons. The zero-order valence-electron chi connectivity index (χ0n) is 14.0. The van der Waals surface area contributed by atoms with Crippen molar-refractivity contribution in [1.82, 2.24) is 15.6 Å². The van der Waals surface area contributed by atoms with Gasteiger partial charge in [-0.3, -0.25) is 0 Å². The molecule has 2 heterocycles. The highest BCUT2D eigenvalue weighted by atomic mass is 32.1. The lowest BCUT2D eigenvalue weighted by atomic mass is 10.0. The third kappa shape index (κ3) is 4.08. The summed E-state index contributed by atoms with van der Waals surface area (Å²) in [5, 5.41) is 17.9. The normalized spacial score (nSPS) is 17.5. The first-order chi connectivity index (χ1) is 11.8. The Bertz CT molecular complexity index is 772. The Morgan fingerprint density at radius 1 is 1.52 bits per heavy atom. The van der Waals surface area contributed by atoms with E-state index in [4.69, 9.17) is 4.74 Å². The van der Waals surface area contributed by atoms with Crippen molar-refractivity contribution in [3.05, 3.63) is 35.1 Å². The molecule has 2 aromatic rings. The minimum absolute atomic E-state index is 0.107. The number of alkyl carbamates (subject to hydrolysis) is 1. The smallest absolute Gasteiger partial charge is 0.408 e. The van der Waals surface area contributed by atoms with E-state index in [1.165, 1.54) is 23.5 Å². The monoisotopic (exact) mass is 365 g/mol. The molecule has 8 heteroatoms. The number of carbonyl (C=O) groups is 1. The molecule has 1 amide bonds. The van der Waals surface area contributed by atoms with E-state index in [1.54, 1.807) is 6.07 Å². The van der Waals surface area contributed by atoms with Crippen molar-refractivity contribution in [2.45, 2.75) is 31.9 Å². The van der Waals surface area contributed by atoms with Crippen molar-refractivity contribution in [2.75, 3.05) is 13.1 Å². The van der Waals surface area contributed by atoms with Crippen LogP contribution < -0.4 is 10.6 Å². The van der Waals surface area contributed by atoms with Gasteiger partial charge in [0.1, 0.15) is 11.1 Å². The van der Waals surface area contributed by atoms with Crippen LogP contribution in [0.4, 0.5) is 9.18 Å². The summed E-state index contributed by atoms with van der Waals surface area (Å²) >= 11 is 1.36. The molecule has 0 radical (unpaired) electrons. The van der Waals surface area contributed by atoms with Crippen LogP contribution in [0.25, 0.3) is 10.6 Å². The summed E-state index contributed by atoms with van der Waals surface area (Å²) in [6, 6.07) is 4.08. The molecule has 0 spiro atoms. The van der Waals surface area contributed by atoms with Crippen molar-refractivity contribution in [2.24, 2.45) is 0 Å². The van der Waals surface area contributed by atoms with E-state index < -0.39 is 23.2 Å². The van der Waals surface area contributed by atoms with Gasteiger partial charge in [0.2, 0.25) is 0 Å². The summed E-state index contributed by atoms with van der Waals surface area (Å²) in [5.74, 6) is -1.09. The second-order valence-corrected chi connectivity index (χ2v) is 7.33. The fraction of sp³-hybridized carbons (Fsp3) is 0.412. The number of phenolic OH excluding ortho intramolecular Hbond substituents is 1. The number of hydrogen-bond acceptors (Lipinski definition) is 6. The highest BCUT2D eigenvalue weighted by molar-refractivity contribution is 7.13. The van der Waals surface area contributed by atoms with Crippen molar-refractivity contribution in [1.29, 1.82) is 0 Å². The molecule has 3 N–H and O–H groups in total. The maximum atomic E-state index is 13.2. The van der Waals surface area contributed by atoms with Crippen LogP contribution in [0.5, 0.6) is 5.75 Å². The SMILES string of the molecule is CC(C)(NC(=O)O[C@H]1CCNC1)c1csc(-c2ccc(F)c(O)c2)n1. The lowest BCUT2D eigenvalue weighted by Crippen LogP contribution is -2.43. The lowest BCUT2D eigenvalue weighted by molar-refractivity contribution is 0.0986. The van der Waals surface area contributed by atoms with Crippen molar-refractivity contribution >= 4 is 17.4 Å². The number of halogens is 1. The van der Waals surface area contributed by atoms with Gasteiger partial charge >= 0.3 is 6.09 Å². The summed E-state index contributed by atoms with van der Waals surface area (Å²) in [4.78, 5) is 16.6. The number of nitrogens with one attached hydrogen (secondary N) is 2. The van der Waals surface area contributed by atoms with Crippen LogP contribution in [0.15, 0.2) is 23.6 Å². The minimum Gasteiger partial charge on any atom is -0.505 e. The summed E-state index contributed by atoms with van der Waals surface area (Å²) in [6.07, 6.45) is 0.222. The molecule has 1 fully saturated rings. The van der Waals surface area contributed by atoms with Crippen LogP contribution in [0.2, 0.25) is 0 Å². The van der Waals surface area contributed by atoms with Gasteiger partial charge < -0.3 is 20.5 Å². The van der Waals surface area contributed by atoms with Gasteiger partial charge in [0.25, 0.3) is 0 Å². The summed E-state index contributed by atoms with van der Waals surface area (Å²) in [5.41, 5.74) is 0.559. The Hall–Kier alpha value is -2.19. The number of aromatic hydroxyl groups is 1. The minimum atomic E-state index is -0.722. The van der Waals surface area contributed by atoms with Gasteiger partial charge in [-0.1, -0.05) is 0 Å². The van der Waals surface area contributed by atoms with E-state index in [2.05, 4.69) is 15.6 Å². The number of ether oxygens (including phenoxy) is 1. The number of rotatable bonds is 4. The van der Waals surface area contributed by atoms with Crippen molar-refractivity contribution in [3.63, 3.8) is 0 Å². The number of benzene rings is 1. The van der Waals surface area contributed by atoms with E-state index in [0.29, 0.717) is 22.8 Å². The van der Waals surface area contributed by atoms with Crippen LogP contribution in [0.1, 0.15) is 26.0 Å². The fourth-order valence-electron chi connectivity index (χ4n) is 2.57. The Morgan fingerprint density at radius 3 is 3.00 bits per heavy atom. The molecule has 1 aromatic carbocycles. The first-order valence-corrected chi connectivity index (χ1v) is 8.87. The van der Waals surface area contributed by atoms with E-state index in [-0.39, 0.29) is 6.10 Å². The topological polar surface area (TPSA) is 83.5 Å². The number of phenols is 1. The predicted octanol–water partition coefficient (Wildman–Crippen LogP) is 2.98. The number of amides is 1. The second kappa shape index (κ2) is 6.97. The van der Waals surface area contributed by atoms with E-state index in [9.17, 15) is 14.3 Å². The van der Waals surface area contributed by atoms with Crippen LogP contribution in [0.3, 0.4) is 0 Å². The van der Waals surface area contributed by atoms with Gasteiger partial charge in [-0.2, -0.15) is 0 Å². The van der Waals surface area contributed by atoms with Crippen LogP contribution >= 0.6 is 11.3 Å². The molecule has 0 saturated carbocycles. The fourth-order valence-corrected chi connectivity index (χ4v) is 3.55. The second-order valence-electron chi connectivity index (χ2n) is 6.47. The number of aromatic nitrogens is 1. The number of hydrogen-bond donors (Lipinski definition) is 3. The molecular weight excluding hydrogens is 345 g/mol. The predicted molar refractivity (Wildman–Crippen MR) is 93.1 cm³/mol. The van der Waals surface area contributed by atoms with Gasteiger partial charge in [0.15, 0.2) is 11.6 Å². The summed E-state index contributed by atoms with van der Waals surface area (Å²) in [6.45, 7) is 5.19. The van der Waals surface area contributed by atoms with Gasteiger partial charge in [0.05, 0.1) is 11.2 Å². The van der Waals surface area contributed by atoms with E-state index in [1.807, 2.05) is 19.2 Å². The average Bonchev–Trinajstić information content (AvgIpc) is 3.21. The van der Waals surface area contributed by atoms with Gasteiger partial charge in [-0.25, -0.2) is 14.2 Å². The standard InChI is InChI=1S/C17H20FN3O3S/c1-17(2,21-16(23)24-11-5-6-19-8-11)14-9-25-15(20-14)10-3-4-12(18)13(22)7-10/h3-4,7,9,11,19,22H,5-6,8H2,1-2H3,(H,21,23)/t11-/m0/s1. The molecule has 25 heavy (non-hydrogen) atoms. The summed E-state index contributed by atoms with van der Waals surface area (Å²) < 4.78 is 18.6. The molecule has 1 aliphatic rings. The average molecular weight is 365 g/mol. The number of thiazole rings is 1. The first kappa shape index (κ1) is 17.6. The van der Waals surface area contributed by atoms with Gasteiger partial charge in [0, 0.05) is 17.5 Å². The molecule has 1 aromatic heterocycles. The Kier molecular flexibility index (Phi) is 4.91. The molecule has 1 atom stereocenters. The molecule has 0 aliphatic carbocycles. The molecule has 0 unspecified atom stereocenters. The highest BCUT2D eigenvalue weighted by Crippen LogP contribution is 2.31. The number of nitrogens with zero attached hydrogens (tertiary/aromatic N) is 1. The summed E-state index contributed by atoms with van der Waals surface area (Å²) in [7, 11) is 0. The molecule has 1 saturated heterocycles. The molecular formula is C17H20FN3O3S. The Morgan fingerprint density at radius 2 is 2.32 bits per heavy atom. The maximum absolute atomic E-state index is 13.2. The molecule has 3 rings (SSSR count). The Balaban J connectivity index is 1.70. The molecule has 6 nitrogen and oxygen atoms in total. The zero-order valence-corrected chi connectivity index (χ0v) is 14.8. The maximum Gasteiger partial charge on any atom is 0.408 e. The number of carbonyl (C=O) groups excluding carboxylic acids is 1. The van der Waals surface area contributed by atoms with Crippen LogP contribution in [-0.4, -0.2) is 35.4 Å². The van der Waals surface area contributed by atoms with Crippen molar-refractivity contribution in [3.8, 4) is 16.3 Å². The third-order valence-corrected chi connectivity index (χ3v) is 4.93. The third-order valence-electron chi connectivity index (χ3n) is 4.04. The van der Waals surface area contributed by atoms with E-state index in [0.717, 1.165) is 13.0 Å². The first-order valence-electron chi connectivity index (χ1n) is 7.99. The van der Waals surface area contributed by atoms with Crippen molar-refractivity contribution < 1.29 is 19.0 Å². The van der Waals surface area contributed by atoms with Gasteiger partial charge in [-0.15, -0.1) is 11.3 Å². The molecule has 1 aliphatic heterocycles. The largest absolute Gasteiger partial charge is 0.505 e. The zero-order chi connectivity index (χ0) is 18.0. The van der Waals surface area contributed by atoms with Crippen LogP contribution in [-0.2, 0) is 10.3 Å². The van der Waals surface area contributed by atoms with Gasteiger partial charge in [-0.05, 0) is 45.0 Å². The van der Waals surface area contributed by atoms with Crippen LogP contribution in [0, 0.1) is 5.82 Å².